The van der Waals surface area contributed by atoms with Gasteiger partial charge in [-0.2, -0.15) is 0 Å². The number of H-pyrrole nitrogens is 1. The summed E-state index contributed by atoms with van der Waals surface area (Å²) >= 11 is 0.869. The van der Waals surface area contributed by atoms with Gasteiger partial charge in [0.25, 0.3) is 5.70 Å². The first kappa shape index (κ1) is 14.3. The van der Waals surface area contributed by atoms with E-state index in [0.29, 0.717) is 10.7 Å². The van der Waals surface area contributed by atoms with Crippen molar-refractivity contribution in [3.05, 3.63) is 68.4 Å². The summed E-state index contributed by atoms with van der Waals surface area (Å²) in [6.07, 6.45) is 3.68. The maximum absolute atomic E-state index is 11.5. The van der Waals surface area contributed by atoms with Crippen LogP contribution in [0.4, 0.5) is 0 Å². The van der Waals surface area contributed by atoms with Crippen LogP contribution < -0.4 is 0 Å². The molecule has 3 rings (SSSR count). The molecule has 1 unspecified atom stereocenters. The number of allylic oxidation sites excluding steroid dienone is 2. The number of rotatable bonds is 4. The highest BCUT2D eigenvalue weighted by molar-refractivity contribution is 8.00. The van der Waals surface area contributed by atoms with Crippen molar-refractivity contribution >= 4 is 22.8 Å². The molecule has 0 fully saturated rings. The van der Waals surface area contributed by atoms with E-state index in [-0.39, 0.29) is 12.1 Å². The number of nitrogens with zero attached hydrogens (tertiary/aromatic N) is 3. The van der Waals surface area contributed by atoms with Crippen LogP contribution in [0.25, 0.3) is 11.0 Å². The van der Waals surface area contributed by atoms with Gasteiger partial charge in [-0.3, -0.25) is 20.2 Å². The van der Waals surface area contributed by atoms with E-state index in [1.54, 1.807) is 6.07 Å². The molecule has 112 valence electrons. The Morgan fingerprint density at radius 3 is 2.73 bits per heavy atom. The fourth-order valence-corrected chi connectivity index (χ4v) is 3.27. The Kier molecular flexibility index (Phi) is 3.41. The Bertz CT molecular complexity index is 795. The quantitative estimate of drug-likeness (QED) is 0.526. The van der Waals surface area contributed by atoms with Crippen molar-refractivity contribution in [1.29, 1.82) is 0 Å². The highest BCUT2D eigenvalue weighted by atomic mass is 32.2. The summed E-state index contributed by atoms with van der Waals surface area (Å²) < 4.78 is 0. The average Bonchev–Trinajstić information content (AvgIpc) is 2.89. The lowest BCUT2D eigenvalue weighted by Crippen LogP contribution is -2.35. The first-order valence-electron chi connectivity index (χ1n) is 6.31. The van der Waals surface area contributed by atoms with Gasteiger partial charge >= 0.3 is 4.87 Å². The summed E-state index contributed by atoms with van der Waals surface area (Å²) in [6.45, 7) is 0. The van der Waals surface area contributed by atoms with Crippen molar-refractivity contribution in [1.82, 2.24) is 9.97 Å². The summed E-state index contributed by atoms with van der Waals surface area (Å²) in [5.41, 5.74) is 1.25. The van der Waals surface area contributed by atoms with Gasteiger partial charge in [0.1, 0.15) is 6.42 Å². The molecule has 1 atom stereocenters. The number of fused-ring (bicyclic) bond motifs is 1. The Labute approximate surface area is 128 Å². The van der Waals surface area contributed by atoms with E-state index < -0.39 is 14.7 Å². The Morgan fingerprint density at radius 1 is 1.27 bits per heavy atom. The molecule has 0 amide bonds. The SMILES string of the molecule is O=[N+]([O-])C1=CC=CC(Sc2nc3ccccc3[nH]2)([N+](=O)[O-])C1. The van der Waals surface area contributed by atoms with Gasteiger partial charge in [-0.1, -0.05) is 18.2 Å². The molecule has 1 aliphatic carbocycles. The van der Waals surface area contributed by atoms with Gasteiger partial charge in [-0.25, -0.2) is 4.98 Å². The van der Waals surface area contributed by atoms with E-state index in [0.717, 1.165) is 17.3 Å². The number of imidazole rings is 1. The molecule has 0 aliphatic heterocycles. The van der Waals surface area contributed by atoms with Crippen LogP contribution in [0, 0.1) is 20.2 Å². The second-order valence-corrected chi connectivity index (χ2v) is 6.01. The lowest BCUT2D eigenvalue weighted by molar-refractivity contribution is -0.532. The molecule has 1 heterocycles. The molecule has 1 aromatic heterocycles. The van der Waals surface area contributed by atoms with Crippen LogP contribution in [0.1, 0.15) is 6.42 Å². The number of thioether (sulfide) groups is 1. The predicted molar refractivity (Wildman–Crippen MR) is 80.5 cm³/mol. The van der Waals surface area contributed by atoms with Crippen LogP contribution in [0.15, 0.2) is 53.3 Å². The first-order chi connectivity index (χ1) is 10.5. The molecule has 9 heteroatoms. The zero-order chi connectivity index (χ0) is 15.7. The van der Waals surface area contributed by atoms with Crippen LogP contribution in [-0.4, -0.2) is 24.7 Å². The average molecular weight is 318 g/mol. The number of hydrogen-bond donors (Lipinski definition) is 1. The monoisotopic (exact) mass is 318 g/mol. The molecule has 2 aromatic rings. The first-order valence-corrected chi connectivity index (χ1v) is 7.13. The van der Waals surface area contributed by atoms with Crippen molar-refractivity contribution in [3.63, 3.8) is 0 Å². The molecule has 1 aromatic carbocycles. The molecule has 8 nitrogen and oxygen atoms in total. The van der Waals surface area contributed by atoms with Crippen molar-refractivity contribution in [2.24, 2.45) is 0 Å². The van der Waals surface area contributed by atoms with Crippen molar-refractivity contribution < 1.29 is 9.85 Å². The van der Waals surface area contributed by atoms with E-state index in [2.05, 4.69) is 9.97 Å². The minimum absolute atomic E-state index is 0.192. The summed E-state index contributed by atoms with van der Waals surface area (Å²) in [7, 11) is 0. The number of hydrogen-bond acceptors (Lipinski definition) is 6. The molecular formula is C13H10N4O4S. The smallest absolute Gasteiger partial charge is 0.303 e. The van der Waals surface area contributed by atoms with Crippen LogP contribution in [0.2, 0.25) is 0 Å². The summed E-state index contributed by atoms with van der Waals surface area (Å²) in [5, 5.41) is 22.8. The van der Waals surface area contributed by atoms with Gasteiger partial charge in [0.15, 0.2) is 5.16 Å². The van der Waals surface area contributed by atoms with E-state index in [4.69, 9.17) is 0 Å². The highest BCUT2D eigenvalue weighted by Crippen LogP contribution is 2.40. The number of nitrogens with one attached hydrogen (secondary N) is 1. The van der Waals surface area contributed by atoms with Gasteiger partial charge in [-0.15, -0.1) is 0 Å². The highest BCUT2D eigenvalue weighted by Gasteiger charge is 2.47. The summed E-state index contributed by atoms with van der Waals surface area (Å²) in [4.78, 5) is 26.9. The second kappa shape index (κ2) is 5.26. The normalized spacial score (nSPS) is 20.8. The largest absolute Gasteiger partial charge is 0.333 e. The van der Waals surface area contributed by atoms with Crippen LogP contribution in [-0.2, 0) is 0 Å². The lowest BCUT2D eigenvalue weighted by Gasteiger charge is -2.20. The molecule has 0 radical (unpaired) electrons. The Morgan fingerprint density at radius 2 is 2.05 bits per heavy atom. The molecular weight excluding hydrogens is 308 g/mol. The van der Waals surface area contributed by atoms with Gasteiger partial charge < -0.3 is 4.98 Å². The fourth-order valence-electron chi connectivity index (χ4n) is 2.19. The summed E-state index contributed by atoms with van der Waals surface area (Å²) in [6, 6.07) is 7.24. The number of aromatic amines is 1. The minimum Gasteiger partial charge on any atom is -0.333 e. The molecule has 0 saturated heterocycles. The third-order valence-electron chi connectivity index (χ3n) is 3.26. The van der Waals surface area contributed by atoms with Crippen LogP contribution >= 0.6 is 11.8 Å². The van der Waals surface area contributed by atoms with Crippen molar-refractivity contribution in [3.8, 4) is 0 Å². The molecule has 0 saturated carbocycles. The predicted octanol–water partition coefficient (Wildman–Crippen LogP) is 2.75. The van der Waals surface area contributed by atoms with Crippen LogP contribution in [0.5, 0.6) is 0 Å². The molecule has 1 N–H and O–H groups in total. The van der Waals surface area contributed by atoms with Crippen molar-refractivity contribution in [2.45, 2.75) is 16.4 Å². The molecule has 1 aliphatic rings. The maximum atomic E-state index is 11.5. The summed E-state index contributed by atoms with van der Waals surface area (Å²) in [5.74, 6) is 0. The van der Waals surface area contributed by atoms with Gasteiger partial charge in [0.2, 0.25) is 0 Å². The number of benzene rings is 1. The zero-order valence-corrected chi connectivity index (χ0v) is 11.9. The molecule has 22 heavy (non-hydrogen) atoms. The molecule has 0 bridgehead atoms. The second-order valence-electron chi connectivity index (χ2n) is 4.71. The fraction of sp³-hybridized carbons (Fsp3) is 0.154. The topological polar surface area (TPSA) is 115 Å². The van der Waals surface area contributed by atoms with Gasteiger partial charge in [-0.05, 0) is 23.9 Å². The Balaban J connectivity index is 1.96. The lowest BCUT2D eigenvalue weighted by atomic mass is 10.1. The standard InChI is InChI=1S/C13H10N4O4S/c18-16(19)9-4-3-7-13(8-9,17(20)21)22-12-14-10-5-1-2-6-11(10)15-12/h1-7H,8H2,(H,14,15). The maximum Gasteiger partial charge on any atom is 0.303 e. The molecule has 0 spiro atoms. The zero-order valence-electron chi connectivity index (χ0n) is 11.1. The third-order valence-corrected chi connectivity index (χ3v) is 4.43. The van der Waals surface area contributed by atoms with Gasteiger partial charge in [0, 0.05) is 17.1 Å². The number of aromatic nitrogens is 2. The van der Waals surface area contributed by atoms with E-state index in [1.165, 1.54) is 18.2 Å². The van der Waals surface area contributed by atoms with E-state index in [9.17, 15) is 20.2 Å². The Hall–Kier alpha value is -2.68. The van der Waals surface area contributed by atoms with E-state index in [1.807, 2.05) is 18.2 Å². The minimum atomic E-state index is -1.63. The number of para-hydroxylation sites is 2. The number of nitro groups is 2. The van der Waals surface area contributed by atoms with E-state index >= 15 is 0 Å². The van der Waals surface area contributed by atoms with Gasteiger partial charge in [0.05, 0.1) is 16.0 Å². The third kappa shape index (κ3) is 2.46. The van der Waals surface area contributed by atoms with Crippen molar-refractivity contribution in [2.75, 3.05) is 0 Å². The van der Waals surface area contributed by atoms with Crippen LogP contribution in [0.3, 0.4) is 0 Å².